The third-order valence-corrected chi connectivity index (χ3v) is 9.98. The molecule has 2 fully saturated rings. The number of piperazine rings is 1. The molecule has 46 heavy (non-hydrogen) atoms. The minimum atomic E-state index is -3.31. The Hall–Kier alpha value is -3.85. The van der Waals surface area contributed by atoms with Crippen LogP contribution in [0.2, 0.25) is 0 Å². The number of para-hydroxylation sites is 1. The number of fused-ring (bicyclic) bond motifs is 4. The molecule has 1 aromatic heterocycles. The molecule has 4 heterocycles. The second-order valence-electron chi connectivity index (χ2n) is 12.1. The van der Waals surface area contributed by atoms with E-state index in [2.05, 4.69) is 20.5 Å². The molecular weight excluding hydrogens is 612 g/mol. The summed E-state index contributed by atoms with van der Waals surface area (Å²) >= 11 is 0. The van der Waals surface area contributed by atoms with Gasteiger partial charge >= 0.3 is 0 Å². The third-order valence-electron chi connectivity index (χ3n) is 8.85. The van der Waals surface area contributed by atoms with E-state index < -0.39 is 15.9 Å². The fourth-order valence-corrected chi connectivity index (χ4v) is 7.06. The number of benzene rings is 2. The topological polar surface area (TPSA) is 145 Å². The Morgan fingerprint density at radius 2 is 1.85 bits per heavy atom. The van der Waals surface area contributed by atoms with Gasteiger partial charge in [-0.3, -0.25) is 14.5 Å². The van der Waals surface area contributed by atoms with Crippen LogP contribution in [0.15, 0.2) is 59.6 Å². The molecule has 3 aliphatic heterocycles. The van der Waals surface area contributed by atoms with Crippen molar-refractivity contribution >= 4 is 21.7 Å². The Labute approximate surface area is 268 Å². The Bertz CT molecular complexity index is 1650. The fraction of sp³-hybridized carbons (Fsp3) is 0.500. The van der Waals surface area contributed by atoms with E-state index in [0.29, 0.717) is 62.8 Å². The molecule has 2 saturated heterocycles. The number of aromatic nitrogens is 3. The van der Waals surface area contributed by atoms with Gasteiger partial charge in [0, 0.05) is 52.5 Å². The van der Waals surface area contributed by atoms with Crippen LogP contribution in [-0.2, 0) is 37.3 Å². The number of carbonyl (C=O) groups excluding carboxylic acids is 2. The number of methoxy groups -OCH3 is 1. The highest BCUT2D eigenvalue weighted by Gasteiger charge is 2.39. The fourth-order valence-electron chi connectivity index (χ4n) is 6.43. The summed E-state index contributed by atoms with van der Waals surface area (Å²) in [6.45, 7) is 2.64. The van der Waals surface area contributed by atoms with Gasteiger partial charge in [-0.1, -0.05) is 29.5 Å². The molecule has 6 rings (SSSR count). The SMILES string of the molecule is COCc1cn([C@@H]2CC[C@H]3CCOc4ccccc4C(=O)N4CCN(Cc5ccc(S(C)(=O)=O)cc5)C[C@H]4C(=O)NC[C@H]2O3)nn1. The average Bonchev–Trinajstić information content (AvgIpc) is 3.51. The lowest BCUT2D eigenvalue weighted by Gasteiger charge is -2.41. The van der Waals surface area contributed by atoms with Crippen molar-refractivity contribution in [2.45, 2.75) is 61.6 Å². The zero-order valence-electron chi connectivity index (χ0n) is 26.1. The van der Waals surface area contributed by atoms with E-state index in [4.69, 9.17) is 14.2 Å². The molecule has 0 aliphatic carbocycles. The molecule has 2 bridgehead atoms. The number of carbonyl (C=O) groups is 2. The molecule has 246 valence electrons. The number of rotatable bonds is 6. The predicted octanol–water partition coefficient (Wildman–Crippen LogP) is 1.84. The van der Waals surface area contributed by atoms with Crippen LogP contribution >= 0.6 is 0 Å². The summed E-state index contributed by atoms with van der Waals surface area (Å²) in [7, 11) is -1.70. The predicted molar refractivity (Wildman–Crippen MR) is 167 cm³/mol. The van der Waals surface area contributed by atoms with Gasteiger partial charge in [-0.2, -0.15) is 0 Å². The van der Waals surface area contributed by atoms with Crippen molar-refractivity contribution in [3.8, 4) is 5.75 Å². The van der Waals surface area contributed by atoms with Crippen LogP contribution < -0.4 is 10.1 Å². The van der Waals surface area contributed by atoms with Crippen LogP contribution in [0.4, 0.5) is 0 Å². The lowest BCUT2D eigenvalue weighted by molar-refractivity contribution is -0.130. The quantitative estimate of drug-likeness (QED) is 0.419. The monoisotopic (exact) mass is 652 g/mol. The molecular formula is C32H40N6O7S. The zero-order chi connectivity index (χ0) is 32.3. The first-order valence-corrected chi connectivity index (χ1v) is 17.5. The Morgan fingerprint density at radius 3 is 2.63 bits per heavy atom. The number of nitrogens with zero attached hydrogens (tertiary/aromatic N) is 5. The van der Waals surface area contributed by atoms with Gasteiger partial charge in [0.1, 0.15) is 17.5 Å². The summed E-state index contributed by atoms with van der Waals surface area (Å²) in [5, 5.41) is 11.7. The lowest BCUT2D eigenvalue weighted by atomic mass is 9.96. The van der Waals surface area contributed by atoms with Crippen LogP contribution in [-0.4, -0.2) is 109 Å². The molecule has 1 N–H and O–H groups in total. The van der Waals surface area contributed by atoms with Gasteiger partial charge in [0.25, 0.3) is 5.91 Å². The van der Waals surface area contributed by atoms with E-state index in [-0.39, 0.29) is 41.5 Å². The van der Waals surface area contributed by atoms with Gasteiger partial charge in [-0.15, -0.1) is 5.10 Å². The van der Waals surface area contributed by atoms with Crippen molar-refractivity contribution in [1.29, 1.82) is 0 Å². The van der Waals surface area contributed by atoms with E-state index in [1.165, 1.54) is 6.26 Å². The molecule has 0 spiro atoms. The molecule has 0 unspecified atom stereocenters. The van der Waals surface area contributed by atoms with Crippen LogP contribution in [0.1, 0.15) is 46.9 Å². The summed E-state index contributed by atoms with van der Waals surface area (Å²) in [4.78, 5) is 32.0. The third kappa shape index (κ3) is 7.25. The number of amides is 2. The highest BCUT2D eigenvalue weighted by atomic mass is 32.2. The zero-order valence-corrected chi connectivity index (χ0v) is 26.9. The number of hydrogen-bond acceptors (Lipinski definition) is 10. The van der Waals surface area contributed by atoms with Crippen molar-refractivity contribution < 1.29 is 32.2 Å². The molecule has 0 radical (unpaired) electrons. The highest BCUT2D eigenvalue weighted by Crippen LogP contribution is 2.31. The molecule has 4 atom stereocenters. The van der Waals surface area contributed by atoms with Gasteiger partial charge in [0.15, 0.2) is 9.84 Å². The highest BCUT2D eigenvalue weighted by molar-refractivity contribution is 7.90. The summed E-state index contributed by atoms with van der Waals surface area (Å²) in [6, 6.07) is 13.0. The summed E-state index contributed by atoms with van der Waals surface area (Å²) in [6.07, 6.45) is 4.80. The Morgan fingerprint density at radius 1 is 1.04 bits per heavy atom. The summed E-state index contributed by atoms with van der Waals surface area (Å²) in [5.74, 6) is -0.0488. The van der Waals surface area contributed by atoms with Crippen molar-refractivity contribution in [3.63, 3.8) is 0 Å². The molecule has 3 aromatic rings. The molecule has 14 heteroatoms. The standard InChI is InChI=1S/C32H40N6O7S/c1-43-21-23-19-38(35-34-23)27-12-9-24-13-16-44-29-6-4-3-5-26(29)32(40)37-15-14-36(20-28(37)31(39)33-17-30(27)45-24)18-22-7-10-25(11-8-22)46(2,41)42/h3-8,10-11,19,24,27-28,30H,9,12-18,20-21H2,1-2H3,(H,33,39)/t24-,27+,28-,30+/m0/s1. The largest absolute Gasteiger partial charge is 0.493 e. The van der Waals surface area contributed by atoms with Crippen LogP contribution in [0.3, 0.4) is 0 Å². The first-order chi connectivity index (χ1) is 22.2. The van der Waals surface area contributed by atoms with Gasteiger partial charge in [-0.25, -0.2) is 13.1 Å². The summed E-state index contributed by atoms with van der Waals surface area (Å²) < 4.78 is 43.5. The second-order valence-corrected chi connectivity index (χ2v) is 14.1. The number of hydrogen-bond donors (Lipinski definition) is 1. The number of nitrogens with one attached hydrogen (secondary N) is 1. The average molecular weight is 653 g/mol. The molecule has 0 saturated carbocycles. The van der Waals surface area contributed by atoms with Gasteiger partial charge in [-0.05, 0) is 42.7 Å². The number of ether oxygens (including phenoxy) is 3. The van der Waals surface area contributed by atoms with Crippen molar-refractivity contribution in [2.75, 3.05) is 46.2 Å². The normalized spacial score (nSPS) is 24.7. The maximum atomic E-state index is 14.0. The molecule has 2 aromatic carbocycles. The Kier molecular flexibility index (Phi) is 9.68. The second kappa shape index (κ2) is 13.9. The minimum Gasteiger partial charge on any atom is -0.493 e. The maximum Gasteiger partial charge on any atom is 0.258 e. The van der Waals surface area contributed by atoms with E-state index >= 15 is 0 Å². The van der Waals surface area contributed by atoms with E-state index in [1.807, 2.05) is 12.3 Å². The van der Waals surface area contributed by atoms with Crippen molar-refractivity contribution in [2.24, 2.45) is 0 Å². The van der Waals surface area contributed by atoms with Crippen molar-refractivity contribution in [1.82, 2.24) is 30.1 Å². The van der Waals surface area contributed by atoms with Crippen LogP contribution in [0.5, 0.6) is 5.75 Å². The molecule has 2 amide bonds. The molecule has 3 aliphatic rings. The first kappa shape index (κ1) is 32.1. The lowest BCUT2D eigenvalue weighted by Crippen LogP contribution is -2.61. The van der Waals surface area contributed by atoms with E-state index in [1.54, 1.807) is 59.2 Å². The van der Waals surface area contributed by atoms with Crippen molar-refractivity contribution in [3.05, 3.63) is 71.5 Å². The van der Waals surface area contributed by atoms with Crippen LogP contribution in [0, 0.1) is 0 Å². The van der Waals surface area contributed by atoms with Gasteiger partial charge in [0.05, 0.1) is 48.1 Å². The van der Waals surface area contributed by atoms with E-state index in [0.717, 1.165) is 18.4 Å². The minimum absolute atomic E-state index is 0.0818. The summed E-state index contributed by atoms with van der Waals surface area (Å²) in [5.41, 5.74) is 2.05. The maximum absolute atomic E-state index is 14.0. The Balaban J connectivity index is 1.25. The van der Waals surface area contributed by atoms with E-state index in [9.17, 15) is 18.0 Å². The van der Waals surface area contributed by atoms with Crippen LogP contribution in [0.25, 0.3) is 0 Å². The van der Waals surface area contributed by atoms with Gasteiger partial charge in [0.2, 0.25) is 5.91 Å². The van der Waals surface area contributed by atoms with Gasteiger partial charge < -0.3 is 24.4 Å². The number of sulfone groups is 1. The molecule has 13 nitrogen and oxygen atoms in total. The smallest absolute Gasteiger partial charge is 0.258 e. The first-order valence-electron chi connectivity index (χ1n) is 15.6.